The van der Waals surface area contributed by atoms with E-state index < -0.39 is 12.0 Å². The first-order valence-electron chi connectivity index (χ1n) is 10.6. The molecule has 0 saturated carbocycles. The maximum Gasteiger partial charge on any atom is 0.338 e. The summed E-state index contributed by atoms with van der Waals surface area (Å²) < 4.78 is 19.5. The van der Waals surface area contributed by atoms with Gasteiger partial charge in [-0.1, -0.05) is 42.5 Å². The number of carbonyl (C=O) groups excluding carboxylic acids is 1. The van der Waals surface area contributed by atoms with E-state index in [9.17, 15) is 4.79 Å². The largest absolute Gasteiger partial charge is 0.493 e. The third kappa shape index (κ3) is 4.70. The second kappa shape index (κ2) is 10.1. The number of nitrogens with one attached hydrogen (secondary N) is 1. The van der Waals surface area contributed by atoms with Crippen molar-refractivity contribution in [1.29, 1.82) is 0 Å². The van der Waals surface area contributed by atoms with Crippen LogP contribution in [0.5, 0.6) is 11.5 Å². The number of ether oxygens (including phenoxy) is 3. The highest BCUT2D eigenvalue weighted by atomic mass is 79.9. The zero-order valence-corrected chi connectivity index (χ0v) is 20.8. The first kappa shape index (κ1) is 23.6. The van der Waals surface area contributed by atoms with Gasteiger partial charge in [0.1, 0.15) is 25.6 Å². The molecule has 1 unspecified atom stereocenters. The number of esters is 1. The quantitative estimate of drug-likeness (QED) is 0.329. The maximum absolute atomic E-state index is 13.0. The Balaban J connectivity index is 1.72. The Morgan fingerprint density at radius 2 is 2.03 bits per heavy atom. The Morgan fingerprint density at radius 1 is 1.26 bits per heavy atom. The van der Waals surface area contributed by atoms with Crippen molar-refractivity contribution in [2.45, 2.75) is 26.5 Å². The van der Waals surface area contributed by atoms with Crippen LogP contribution in [0.2, 0.25) is 0 Å². The van der Waals surface area contributed by atoms with Crippen LogP contribution in [0.1, 0.15) is 29.7 Å². The zero-order valence-electron chi connectivity index (χ0n) is 19.2. The van der Waals surface area contributed by atoms with Crippen molar-refractivity contribution in [3.63, 3.8) is 0 Å². The summed E-state index contributed by atoms with van der Waals surface area (Å²) in [4.78, 5) is 17.2. The number of anilines is 1. The molecule has 0 fully saturated rings. The summed E-state index contributed by atoms with van der Waals surface area (Å²) in [5.41, 5.74) is 4.04. The van der Waals surface area contributed by atoms with E-state index in [2.05, 4.69) is 37.9 Å². The van der Waals surface area contributed by atoms with Crippen LogP contribution >= 0.6 is 15.9 Å². The molecule has 34 heavy (non-hydrogen) atoms. The second-order valence-corrected chi connectivity index (χ2v) is 8.64. The van der Waals surface area contributed by atoms with E-state index in [0.29, 0.717) is 39.8 Å². The highest BCUT2D eigenvalue weighted by molar-refractivity contribution is 9.10. The van der Waals surface area contributed by atoms with Crippen molar-refractivity contribution in [1.82, 2.24) is 14.8 Å². The molecule has 0 bridgehead atoms. The number of benzene rings is 2. The average Bonchev–Trinajstić information content (AvgIpc) is 3.29. The van der Waals surface area contributed by atoms with E-state index in [1.54, 1.807) is 18.7 Å². The summed E-state index contributed by atoms with van der Waals surface area (Å²) >= 11 is 3.62. The molecule has 176 valence electrons. The van der Waals surface area contributed by atoms with Crippen LogP contribution in [0.3, 0.4) is 0 Å². The number of aromatic nitrogens is 3. The lowest BCUT2D eigenvalue weighted by Gasteiger charge is -2.28. The molecule has 0 radical (unpaired) electrons. The minimum Gasteiger partial charge on any atom is -0.493 e. The highest BCUT2D eigenvalue weighted by Crippen LogP contribution is 2.43. The van der Waals surface area contributed by atoms with Crippen molar-refractivity contribution >= 4 is 27.8 Å². The molecule has 3 aromatic rings. The fraction of sp³-hybridized carbons (Fsp3) is 0.240. The minimum absolute atomic E-state index is 0.103. The van der Waals surface area contributed by atoms with Crippen molar-refractivity contribution < 1.29 is 19.0 Å². The minimum atomic E-state index is -0.576. The molecule has 4 rings (SSSR count). The first-order valence-corrected chi connectivity index (χ1v) is 11.4. The lowest BCUT2D eigenvalue weighted by atomic mass is 9.95. The number of methoxy groups -OCH3 is 1. The van der Waals surface area contributed by atoms with E-state index in [4.69, 9.17) is 14.2 Å². The van der Waals surface area contributed by atoms with Gasteiger partial charge in [0.2, 0.25) is 5.95 Å². The molecule has 2 aromatic carbocycles. The van der Waals surface area contributed by atoms with Gasteiger partial charge in [0.25, 0.3) is 0 Å². The van der Waals surface area contributed by atoms with Crippen LogP contribution in [0.25, 0.3) is 0 Å². The molecule has 1 aliphatic heterocycles. The number of fused-ring (bicyclic) bond motifs is 1. The second-order valence-electron chi connectivity index (χ2n) is 7.79. The van der Waals surface area contributed by atoms with E-state index in [1.165, 1.54) is 18.0 Å². The number of rotatable bonds is 8. The Morgan fingerprint density at radius 3 is 2.74 bits per heavy atom. The van der Waals surface area contributed by atoms with Crippen molar-refractivity contribution in [3.05, 3.63) is 87.8 Å². The van der Waals surface area contributed by atoms with Gasteiger partial charge in [-0.3, -0.25) is 0 Å². The SMILES string of the molecule is C=CCOC(=O)C1=C(C)Nc2ncnn2C1c1cc(Br)c(OCc2ccc(C)cc2)c(OC)c1. The molecule has 1 atom stereocenters. The maximum atomic E-state index is 13.0. The van der Waals surface area contributed by atoms with Crippen molar-refractivity contribution in [3.8, 4) is 11.5 Å². The van der Waals surface area contributed by atoms with Gasteiger partial charge in [0.15, 0.2) is 11.5 Å². The standard InChI is InChI=1S/C25H25BrN4O4/c1-5-10-33-24(31)21-16(3)29-25-27-14-28-30(25)22(21)18-11-19(26)23(20(12-18)32-4)34-13-17-8-6-15(2)7-9-17/h5-9,11-12,14,22H,1,10,13H2,2-4H3,(H,27,28,29). The molecule has 8 nitrogen and oxygen atoms in total. The summed E-state index contributed by atoms with van der Waals surface area (Å²) in [6, 6.07) is 11.3. The van der Waals surface area contributed by atoms with Crippen LogP contribution in [0, 0.1) is 6.92 Å². The summed E-state index contributed by atoms with van der Waals surface area (Å²) in [6.45, 7) is 7.95. The molecule has 1 aromatic heterocycles. The predicted octanol–water partition coefficient (Wildman–Crippen LogP) is 4.95. The van der Waals surface area contributed by atoms with E-state index in [-0.39, 0.29) is 6.61 Å². The first-order chi connectivity index (χ1) is 16.4. The third-order valence-electron chi connectivity index (χ3n) is 5.42. The molecule has 0 spiro atoms. The smallest absolute Gasteiger partial charge is 0.338 e. The van der Waals surface area contributed by atoms with Crippen molar-refractivity contribution in [2.24, 2.45) is 0 Å². The molecule has 0 saturated heterocycles. The lowest BCUT2D eigenvalue weighted by molar-refractivity contribution is -0.138. The van der Waals surface area contributed by atoms with Gasteiger partial charge >= 0.3 is 5.97 Å². The third-order valence-corrected chi connectivity index (χ3v) is 6.01. The number of hydrogen-bond donors (Lipinski definition) is 1. The zero-order chi connectivity index (χ0) is 24.2. The van der Waals surface area contributed by atoms with Crippen molar-refractivity contribution in [2.75, 3.05) is 19.0 Å². The number of carbonyl (C=O) groups is 1. The summed E-state index contributed by atoms with van der Waals surface area (Å²) in [7, 11) is 1.58. The number of nitrogens with zero attached hydrogens (tertiary/aromatic N) is 3. The Hall–Kier alpha value is -3.59. The highest BCUT2D eigenvalue weighted by Gasteiger charge is 2.35. The molecular weight excluding hydrogens is 500 g/mol. The molecule has 1 N–H and O–H groups in total. The monoisotopic (exact) mass is 524 g/mol. The fourth-order valence-corrected chi connectivity index (χ4v) is 4.33. The van der Waals surface area contributed by atoms with Crippen LogP contribution in [0.15, 0.2) is 71.1 Å². The molecule has 9 heteroatoms. The number of halogens is 1. The Bertz CT molecular complexity index is 1250. The molecule has 0 aliphatic carbocycles. The van der Waals surface area contributed by atoms with E-state index in [1.807, 2.05) is 43.3 Å². The average molecular weight is 525 g/mol. The van der Waals surface area contributed by atoms with E-state index in [0.717, 1.165) is 11.1 Å². The predicted molar refractivity (Wildman–Crippen MR) is 132 cm³/mol. The fourth-order valence-electron chi connectivity index (χ4n) is 3.75. The molecule has 0 amide bonds. The van der Waals surface area contributed by atoms with Gasteiger partial charge < -0.3 is 19.5 Å². The topological polar surface area (TPSA) is 87.5 Å². The number of aryl methyl sites for hydroxylation is 1. The lowest BCUT2D eigenvalue weighted by Crippen LogP contribution is -2.29. The Labute approximate surface area is 206 Å². The van der Waals surface area contributed by atoms with Crippen LogP contribution < -0.4 is 14.8 Å². The molecular formula is C25H25BrN4O4. The normalized spacial score (nSPS) is 14.8. The van der Waals surface area contributed by atoms with Gasteiger partial charge in [0, 0.05) is 5.70 Å². The van der Waals surface area contributed by atoms with Gasteiger partial charge in [-0.25, -0.2) is 9.48 Å². The molecule has 2 heterocycles. The summed E-state index contributed by atoms with van der Waals surface area (Å²) in [5.74, 6) is 1.15. The summed E-state index contributed by atoms with van der Waals surface area (Å²) in [6.07, 6.45) is 2.96. The van der Waals surface area contributed by atoms with Gasteiger partial charge in [-0.2, -0.15) is 10.1 Å². The van der Waals surface area contributed by atoms with Crippen LogP contribution in [-0.2, 0) is 16.1 Å². The van der Waals surface area contributed by atoms with Gasteiger partial charge in [0.05, 0.1) is 17.2 Å². The summed E-state index contributed by atoms with van der Waals surface area (Å²) in [5, 5.41) is 7.46. The molecule has 1 aliphatic rings. The Kier molecular flexibility index (Phi) is 7.02. The number of allylic oxidation sites excluding steroid dienone is 1. The number of hydrogen-bond acceptors (Lipinski definition) is 7. The van der Waals surface area contributed by atoms with Crippen LogP contribution in [0.4, 0.5) is 5.95 Å². The van der Waals surface area contributed by atoms with E-state index >= 15 is 0 Å². The van der Waals surface area contributed by atoms with Gasteiger partial charge in [-0.05, 0) is 53.0 Å². The van der Waals surface area contributed by atoms with Crippen LogP contribution in [-0.4, -0.2) is 34.5 Å². The van der Waals surface area contributed by atoms with Gasteiger partial charge in [-0.15, -0.1) is 0 Å².